The summed E-state index contributed by atoms with van der Waals surface area (Å²) in [4.78, 5) is 9.36. The van der Waals surface area contributed by atoms with Crippen molar-refractivity contribution in [3.63, 3.8) is 0 Å². The van der Waals surface area contributed by atoms with Crippen LogP contribution in [-0.2, 0) is 0 Å². The number of benzene rings is 1. The van der Waals surface area contributed by atoms with Gasteiger partial charge in [-0.1, -0.05) is 24.3 Å². The maximum Gasteiger partial charge on any atom is 0.136 e. The quantitative estimate of drug-likeness (QED) is 0.807. The second-order valence-corrected chi connectivity index (χ2v) is 5.62. The van der Waals surface area contributed by atoms with E-state index in [-0.39, 0.29) is 0 Å². The van der Waals surface area contributed by atoms with E-state index in [9.17, 15) is 0 Å². The van der Waals surface area contributed by atoms with Crippen molar-refractivity contribution in [2.24, 2.45) is 0 Å². The van der Waals surface area contributed by atoms with Gasteiger partial charge in [-0.2, -0.15) is 0 Å². The van der Waals surface area contributed by atoms with Gasteiger partial charge in [0.25, 0.3) is 0 Å². The van der Waals surface area contributed by atoms with Gasteiger partial charge < -0.3 is 9.80 Å². The van der Waals surface area contributed by atoms with E-state index in [1.54, 1.807) is 0 Å². The zero-order valence-electron chi connectivity index (χ0n) is 10.4. The molecule has 2 heterocycles. The van der Waals surface area contributed by atoms with Gasteiger partial charge in [0.05, 0.1) is 0 Å². The van der Waals surface area contributed by atoms with E-state index < -0.39 is 0 Å². The lowest BCUT2D eigenvalue weighted by Crippen LogP contribution is -2.44. The summed E-state index contributed by atoms with van der Waals surface area (Å²) in [7, 11) is 2.17. The molecule has 2 aromatic rings. The van der Waals surface area contributed by atoms with Crippen molar-refractivity contribution in [1.29, 1.82) is 0 Å². The monoisotopic (exact) mass is 305 g/mol. The molecular formula is C14H16BrN3. The summed E-state index contributed by atoms with van der Waals surface area (Å²) in [5.74, 6) is 1.11. The predicted octanol–water partition coefficient (Wildman–Crippen LogP) is 2.75. The second-order valence-electron chi connectivity index (χ2n) is 4.77. The van der Waals surface area contributed by atoms with E-state index in [4.69, 9.17) is 0 Å². The van der Waals surface area contributed by atoms with Gasteiger partial charge in [0, 0.05) is 47.6 Å². The first-order valence-corrected chi connectivity index (χ1v) is 7.02. The van der Waals surface area contributed by atoms with E-state index in [1.807, 2.05) is 6.20 Å². The van der Waals surface area contributed by atoms with E-state index in [2.05, 4.69) is 62.0 Å². The summed E-state index contributed by atoms with van der Waals surface area (Å²) >= 11 is 3.58. The van der Waals surface area contributed by atoms with Crippen LogP contribution in [0.5, 0.6) is 0 Å². The van der Waals surface area contributed by atoms with Crippen molar-refractivity contribution in [2.45, 2.75) is 0 Å². The van der Waals surface area contributed by atoms with Crippen molar-refractivity contribution < 1.29 is 0 Å². The molecule has 0 spiro atoms. The molecule has 1 aliphatic rings. The number of nitrogens with zero attached hydrogens (tertiary/aromatic N) is 3. The summed E-state index contributed by atoms with van der Waals surface area (Å²) in [5.41, 5.74) is 0. The Morgan fingerprint density at radius 3 is 2.44 bits per heavy atom. The summed E-state index contributed by atoms with van der Waals surface area (Å²) in [6.45, 7) is 4.31. The molecule has 0 radical (unpaired) electrons. The Hall–Kier alpha value is -1.13. The van der Waals surface area contributed by atoms with Crippen LogP contribution in [0, 0.1) is 0 Å². The lowest BCUT2D eigenvalue weighted by Gasteiger charge is -2.33. The molecule has 3 nitrogen and oxygen atoms in total. The number of rotatable bonds is 1. The SMILES string of the molecule is CN1CCN(c2ncc(Br)c3ccccc23)CC1. The number of likely N-dealkylation sites (N-methyl/N-ethyl adjacent to an activating group) is 1. The minimum Gasteiger partial charge on any atom is -0.354 e. The minimum atomic E-state index is 1.05. The van der Waals surface area contributed by atoms with Crippen molar-refractivity contribution in [3.05, 3.63) is 34.9 Å². The van der Waals surface area contributed by atoms with Crippen molar-refractivity contribution in [3.8, 4) is 0 Å². The van der Waals surface area contributed by atoms with Gasteiger partial charge in [-0.05, 0) is 23.0 Å². The summed E-state index contributed by atoms with van der Waals surface area (Å²) in [5, 5.41) is 2.47. The molecule has 1 aliphatic heterocycles. The zero-order valence-corrected chi connectivity index (χ0v) is 12.0. The smallest absolute Gasteiger partial charge is 0.136 e. The lowest BCUT2D eigenvalue weighted by atomic mass is 10.1. The summed E-state index contributed by atoms with van der Waals surface area (Å²) < 4.78 is 1.07. The van der Waals surface area contributed by atoms with Gasteiger partial charge in [-0.15, -0.1) is 0 Å². The van der Waals surface area contributed by atoms with Crippen LogP contribution in [0.1, 0.15) is 0 Å². The molecule has 1 aromatic carbocycles. The molecule has 3 rings (SSSR count). The molecule has 1 fully saturated rings. The minimum absolute atomic E-state index is 1.05. The third-order valence-corrected chi connectivity index (χ3v) is 4.16. The van der Waals surface area contributed by atoms with E-state index in [0.717, 1.165) is 36.5 Å². The van der Waals surface area contributed by atoms with Crippen LogP contribution in [-0.4, -0.2) is 43.1 Å². The van der Waals surface area contributed by atoms with Crippen LogP contribution in [0.4, 0.5) is 5.82 Å². The highest BCUT2D eigenvalue weighted by Crippen LogP contribution is 2.30. The number of pyridine rings is 1. The Morgan fingerprint density at radius 2 is 1.72 bits per heavy atom. The van der Waals surface area contributed by atoms with Gasteiger partial charge in [0.1, 0.15) is 5.82 Å². The number of anilines is 1. The molecule has 0 N–H and O–H groups in total. The summed E-state index contributed by atoms with van der Waals surface area (Å²) in [6, 6.07) is 8.44. The highest BCUT2D eigenvalue weighted by Gasteiger charge is 2.17. The van der Waals surface area contributed by atoms with Gasteiger partial charge in [-0.3, -0.25) is 0 Å². The second kappa shape index (κ2) is 4.86. The van der Waals surface area contributed by atoms with Crippen LogP contribution in [0.2, 0.25) is 0 Å². The van der Waals surface area contributed by atoms with Crippen LogP contribution in [0.15, 0.2) is 34.9 Å². The predicted molar refractivity (Wildman–Crippen MR) is 79.2 cm³/mol. The van der Waals surface area contributed by atoms with Gasteiger partial charge in [-0.25, -0.2) is 4.98 Å². The van der Waals surface area contributed by atoms with Gasteiger partial charge >= 0.3 is 0 Å². The molecule has 0 unspecified atom stereocenters. The molecule has 4 heteroatoms. The molecule has 0 atom stereocenters. The molecule has 1 aromatic heterocycles. The van der Waals surface area contributed by atoms with E-state index in [0.29, 0.717) is 0 Å². The number of hydrogen-bond acceptors (Lipinski definition) is 3. The van der Waals surface area contributed by atoms with Crippen molar-refractivity contribution in [2.75, 3.05) is 38.1 Å². The first-order chi connectivity index (χ1) is 8.75. The molecular weight excluding hydrogens is 290 g/mol. The Morgan fingerprint density at radius 1 is 1.06 bits per heavy atom. The molecule has 0 aliphatic carbocycles. The Kier molecular flexibility index (Phi) is 3.22. The fraction of sp³-hybridized carbons (Fsp3) is 0.357. The fourth-order valence-electron chi connectivity index (χ4n) is 2.41. The van der Waals surface area contributed by atoms with E-state index >= 15 is 0 Å². The Balaban J connectivity index is 2.04. The molecule has 94 valence electrons. The molecule has 1 saturated heterocycles. The van der Waals surface area contributed by atoms with Gasteiger partial charge in [0.15, 0.2) is 0 Å². The number of aromatic nitrogens is 1. The Labute approximate surface area is 116 Å². The third-order valence-electron chi connectivity index (χ3n) is 3.53. The number of halogens is 1. The number of fused-ring (bicyclic) bond motifs is 1. The number of piperazine rings is 1. The van der Waals surface area contributed by atoms with Gasteiger partial charge in [0.2, 0.25) is 0 Å². The van der Waals surface area contributed by atoms with Crippen molar-refractivity contribution in [1.82, 2.24) is 9.88 Å². The standard InChI is InChI=1S/C14H16BrN3/c1-17-6-8-18(9-7-17)14-12-5-3-2-4-11(12)13(15)10-16-14/h2-5,10H,6-9H2,1H3. The highest BCUT2D eigenvalue weighted by atomic mass is 79.9. The van der Waals surface area contributed by atoms with Crippen molar-refractivity contribution >= 4 is 32.5 Å². The fourth-order valence-corrected chi connectivity index (χ4v) is 2.86. The lowest BCUT2D eigenvalue weighted by molar-refractivity contribution is 0.312. The third kappa shape index (κ3) is 2.10. The summed E-state index contributed by atoms with van der Waals surface area (Å²) in [6.07, 6.45) is 1.91. The first-order valence-electron chi connectivity index (χ1n) is 6.22. The molecule has 0 bridgehead atoms. The average Bonchev–Trinajstić information content (AvgIpc) is 2.41. The van der Waals surface area contributed by atoms with Crippen LogP contribution >= 0.6 is 15.9 Å². The van der Waals surface area contributed by atoms with Crippen LogP contribution < -0.4 is 4.90 Å². The maximum absolute atomic E-state index is 4.62. The Bertz CT molecular complexity index is 562. The highest BCUT2D eigenvalue weighted by molar-refractivity contribution is 9.10. The average molecular weight is 306 g/mol. The molecule has 0 amide bonds. The first kappa shape index (κ1) is 11.9. The molecule has 0 saturated carbocycles. The zero-order chi connectivity index (χ0) is 12.5. The van der Waals surface area contributed by atoms with E-state index in [1.165, 1.54) is 10.8 Å². The van der Waals surface area contributed by atoms with Crippen LogP contribution in [0.25, 0.3) is 10.8 Å². The number of hydrogen-bond donors (Lipinski definition) is 0. The topological polar surface area (TPSA) is 19.4 Å². The van der Waals surface area contributed by atoms with Crippen LogP contribution in [0.3, 0.4) is 0 Å². The molecule has 18 heavy (non-hydrogen) atoms. The largest absolute Gasteiger partial charge is 0.354 e. The maximum atomic E-state index is 4.62. The normalized spacial score (nSPS) is 17.3.